The lowest BCUT2D eigenvalue weighted by molar-refractivity contribution is -0.138. The Hall–Kier alpha value is -1.85. The van der Waals surface area contributed by atoms with Crippen molar-refractivity contribution in [3.63, 3.8) is 0 Å². The molecule has 11 heteroatoms. The fourth-order valence-corrected chi connectivity index (χ4v) is 5.81. The van der Waals surface area contributed by atoms with Gasteiger partial charge in [0.25, 0.3) is 5.19 Å². The Kier molecular flexibility index (Phi) is 5.95. The zero-order valence-electron chi connectivity index (χ0n) is 16.5. The third kappa shape index (κ3) is 4.57. The Labute approximate surface area is 177 Å². The van der Waals surface area contributed by atoms with Crippen molar-refractivity contribution in [1.82, 2.24) is 14.2 Å². The number of sulfonamides is 1. The lowest BCUT2D eigenvalue weighted by atomic mass is 9.95. The maximum atomic E-state index is 13.8. The van der Waals surface area contributed by atoms with E-state index < -0.39 is 21.7 Å². The van der Waals surface area contributed by atoms with E-state index in [1.54, 1.807) is 0 Å². The Balaban J connectivity index is 1.30. The van der Waals surface area contributed by atoms with Gasteiger partial charge in [-0.25, -0.2) is 21.5 Å². The SMILES string of the molecule is CS(=O)(=O)N1CCC(C(=O)N2CCC(Oc3nc4c(F)cc(F)cc4s3)CC2)CC1. The van der Waals surface area contributed by atoms with Gasteiger partial charge >= 0.3 is 0 Å². The molecule has 0 bridgehead atoms. The lowest BCUT2D eigenvalue weighted by Crippen LogP contribution is -2.47. The number of carbonyl (C=O) groups is 1. The summed E-state index contributed by atoms with van der Waals surface area (Å²) in [5, 5.41) is 0.299. The summed E-state index contributed by atoms with van der Waals surface area (Å²) in [6.07, 6.45) is 3.37. The number of nitrogens with zero attached hydrogens (tertiary/aromatic N) is 3. The fraction of sp³-hybridized carbons (Fsp3) is 0.579. The number of amides is 1. The summed E-state index contributed by atoms with van der Waals surface area (Å²) >= 11 is 1.10. The largest absolute Gasteiger partial charge is 0.467 e. The molecule has 2 aliphatic heterocycles. The molecule has 2 aromatic rings. The van der Waals surface area contributed by atoms with Crippen LogP contribution in [0.25, 0.3) is 10.2 Å². The molecule has 30 heavy (non-hydrogen) atoms. The highest BCUT2D eigenvalue weighted by Gasteiger charge is 2.33. The van der Waals surface area contributed by atoms with Gasteiger partial charge in [0, 0.05) is 51.0 Å². The number of ether oxygens (including phenoxy) is 1. The van der Waals surface area contributed by atoms with Gasteiger partial charge in [-0.2, -0.15) is 4.98 Å². The molecule has 0 N–H and O–H groups in total. The molecule has 164 valence electrons. The molecule has 0 radical (unpaired) electrons. The number of halogens is 2. The number of hydrogen-bond acceptors (Lipinski definition) is 6. The van der Waals surface area contributed by atoms with Gasteiger partial charge in [-0.15, -0.1) is 0 Å². The summed E-state index contributed by atoms with van der Waals surface area (Å²) in [4.78, 5) is 18.7. The smallest absolute Gasteiger partial charge is 0.274 e. The maximum absolute atomic E-state index is 13.8. The van der Waals surface area contributed by atoms with Crippen LogP contribution >= 0.6 is 11.3 Å². The first kappa shape index (κ1) is 21.4. The number of carbonyl (C=O) groups excluding carboxylic acids is 1. The molecule has 0 aliphatic carbocycles. The van der Waals surface area contributed by atoms with Crippen LogP contribution in [-0.2, 0) is 14.8 Å². The number of likely N-dealkylation sites (tertiary alicyclic amines) is 1. The number of rotatable bonds is 4. The molecule has 2 saturated heterocycles. The second-order valence-corrected chi connectivity index (χ2v) is 10.8. The van der Waals surface area contributed by atoms with Gasteiger partial charge in [-0.05, 0) is 18.9 Å². The van der Waals surface area contributed by atoms with Gasteiger partial charge in [0.1, 0.15) is 17.4 Å². The summed E-state index contributed by atoms with van der Waals surface area (Å²) < 4.78 is 58.1. The molecular weight excluding hydrogens is 436 g/mol. The van der Waals surface area contributed by atoms with Crippen molar-refractivity contribution in [3.8, 4) is 5.19 Å². The highest BCUT2D eigenvalue weighted by Crippen LogP contribution is 2.32. The van der Waals surface area contributed by atoms with Crippen LogP contribution in [0.4, 0.5) is 8.78 Å². The fourth-order valence-electron chi connectivity index (χ4n) is 4.02. The highest BCUT2D eigenvalue weighted by molar-refractivity contribution is 7.88. The quantitative estimate of drug-likeness (QED) is 0.702. The first-order valence-electron chi connectivity index (χ1n) is 9.87. The van der Waals surface area contributed by atoms with Gasteiger partial charge in [-0.1, -0.05) is 11.3 Å². The molecule has 2 fully saturated rings. The topological polar surface area (TPSA) is 79.8 Å². The predicted octanol–water partition coefficient (Wildman–Crippen LogP) is 2.62. The van der Waals surface area contributed by atoms with Crippen LogP contribution in [0.15, 0.2) is 12.1 Å². The summed E-state index contributed by atoms with van der Waals surface area (Å²) in [6, 6.07) is 2.04. The minimum absolute atomic E-state index is 0.0686. The van der Waals surface area contributed by atoms with Gasteiger partial charge < -0.3 is 9.64 Å². The molecule has 3 heterocycles. The molecule has 2 aliphatic rings. The van der Waals surface area contributed by atoms with Gasteiger partial charge in [-0.3, -0.25) is 4.79 Å². The summed E-state index contributed by atoms with van der Waals surface area (Å²) in [7, 11) is -3.21. The van der Waals surface area contributed by atoms with Crippen molar-refractivity contribution in [3.05, 3.63) is 23.8 Å². The van der Waals surface area contributed by atoms with Crippen LogP contribution in [0.1, 0.15) is 25.7 Å². The predicted molar refractivity (Wildman–Crippen MR) is 109 cm³/mol. The second-order valence-electron chi connectivity index (χ2n) is 7.79. The van der Waals surface area contributed by atoms with Crippen molar-refractivity contribution in [2.45, 2.75) is 31.8 Å². The summed E-state index contributed by atoms with van der Waals surface area (Å²) in [5.41, 5.74) is 0.101. The monoisotopic (exact) mass is 459 g/mol. The molecule has 1 amide bonds. The number of fused-ring (bicyclic) bond motifs is 1. The average Bonchev–Trinajstić information content (AvgIpc) is 3.10. The average molecular weight is 460 g/mol. The van der Waals surface area contributed by atoms with E-state index in [4.69, 9.17) is 4.74 Å². The Morgan fingerprint density at radius 1 is 1.13 bits per heavy atom. The molecule has 0 unspecified atom stereocenters. The molecule has 1 aromatic heterocycles. The molecule has 4 rings (SSSR count). The highest BCUT2D eigenvalue weighted by atomic mass is 32.2. The van der Waals surface area contributed by atoms with E-state index in [-0.39, 0.29) is 23.4 Å². The minimum Gasteiger partial charge on any atom is -0.467 e. The van der Waals surface area contributed by atoms with E-state index in [0.29, 0.717) is 61.8 Å². The first-order chi connectivity index (χ1) is 14.2. The summed E-state index contributed by atoms with van der Waals surface area (Å²) in [6.45, 7) is 1.85. The normalized spacial score (nSPS) is 20.0. The Morgan fingerprint density at radius 2 is 1.80 bits per heavy atom. The molecule has 0 atom stereocenters. The number of hydrogen-bond donors (Lipinski definition) is 0. The lowest BCUT2D eigenvalue weighted by Gasteiger charge is -2.36. The van der Waals surface area contributed by atoms with Crippen LogP contribution in [0, 0.1) is 17.6 Å². The molecule has 0 spiro atoms. The molecule has 7 nitrogen and oxygen atoms in total. The van der Waals surface area contributed by atoms with E-state index in [1.165, 1.54) is 16.6 Å². The second kappa shape index (κ2) is 8.35. The van der Waals surface area contributed by atoms with Crippen LogP contribution in [0.3, 0.4) is 0 Å². The van der Waals surface area contributed by atoms with Gasteiger partial charge in [0.2, 0.25) is 15.9 Å². The molecule has 0 saturated carbocycles. The molecule has 1 aromatic carbocycles. The van der Waals surface area contributed by atoms with E-state index in [1.807, 2.05) is 4.90 Å². The summed E-state index contributed by atoms with van der Waals surface area (Å²) in [5.74, 6) is -1.44. The zero-order valence-corrected chi connectivity index (χ0v) is 18.1. The van der Waals surface area contributed by atoms with Crippen LogP contribution < -0.4 is 4.74 Å². The maximum Gasteiger partial charge on any atom is 0.274 e. The number of piperidine rings is 2. The number of aromatic nitrogens is 1. The van der Waals surface area contributed by atoms with Crippen molar-refractivity contribution in [1.29, 1.82) is 0 Å². The Morgan fingerprint density at radius 3 is 2.43 bits per heavy atom. The van der Waals surface area contributed by atoms with Gasteiger partial charge in [0.15, 0.2) is 5.82 Å². The minimum atomic E-state index is -3.21. The van der Waals surface area contributed by atoms with Crippen molar-refractivity contribution < 1.29 is 26.7 Å². The number of benzene rings is 1. The third-order valence-corrected chi connectivity index (χ3v) is 7.88. The van der Waals surface area contributed by atoms with E-state index in [9.17, 15) is 22.0 Å². The standard InChI is InChI=1S/C19H23F2N3O4S2/c1-30(26,27)24-8-2-12(3-9-24)18(25)23-6-4-14(5-7-23)28-19-22-17-15(21)10-13(20)11-16(17)29-19/h10-12,14H,2-9H2,1H3. The zero-order chi connectivity index (χ0) is 21.5. The van der Waals surface area contributed by atoms with Crippen molar-refractivity contribution >= 4 is 37.5 Å². The van der Waals surface area contributed by atoms with E-state index >= 15 is 0 Å². The Bertz CT molecular complexity index is 1040. The molecular formula is C19H23F2N3O4S2. The van der Waals surface area contributed by atoms with E-state index in [0.717, 1.165) is 17.4 Å². The van der Waals surface area contributed by atoms with Crippen molar-refractivity contribution in [2.24, 2.45) is 5.92 Å². The number of thiazole rings is 1. The van der Waals surface area contributed by atoms with Crippen LogP contribution in [-0.4, -0.2) is 67.1 Å². The van der Waals surface area contributed by atoms with Gasteiger partial charge in [0.05, 0.1) is 11.0 Å². The first-order valence-corrected chi connectivity index (χ1v) is 12.5. The van der Waals surface area contributed by atoms with E-state index in [2.05, 4.69) is 4.98 Å². The van der Waals surface area contributed by atoms with Crippen molar-refractivity contribution in [2.75, 3.05) is 32.4 Å². The van der Waals surface area contributed by atoms with Crippen LogP contribution in [0.5, 0.6) is 5.19 Å². The van der Waals surface area contributed by atoms with Crippen LogP contribution in [0.2, 0.25) is 0 Å². The third-order valence-electron chi connectivity index (χ3n) is 5.69.